The van der Waals surface area contributed by atoms with Crippen LogP contribution in [0.15, 0.2) is 48.5 Å². The molecule has 0 atom stereocenters. The average molecular weight is 367 g/mol. The van der Waals surface area contributed by atoms with E-state index >= 15 is 0 Å². The lowest BCUT2D eigenvalue weighted by Gasteiger charge is -2.20. The number of hydrogen-bond acceptors (Lipinski definition) is 3. The molecule has 7 heteroatoms. The molecule has 2 aromatic carbocycles. The minimum atomic E-state index is -3.50. The van der Waals surface area contributed by atoms with Crippen molar-refractivity contribution in [2.24, 2.45) is 0 Å². The number of anilines is 2. The van der Waals surface area contributed by atoms with Gasteiger partial charge in [-0.05, 0) is 63.2 Å². The van der Waals surface area contributed by atoms with E-state index in [0.717, 1.165) is 0 Å². The second-order valence-corrected chi connectivity index (χ2v) is 9.13. The van der Waals surface area contributed by atoms with Crippen molar-refractivity contribution in [2.45, 2.75) is 25.5 Å². The van der Waals surface area contributed by atoms with Gasteiger partial charge in [0.1, 0.15) is 0 Å². The molecule has 24 heavy (non-hydrogen) atoms. The Labute approximate surface area is 147 Å². The molecule has 0 saturated carbocycles. The highest BCUT2D eigenvalue weighted by Gasteiger charge is 2.28. The summed E-state index contributed by atoms with van der Waals surface area (Å²) in [6, 6.07) is 13.0. The number of rotatable bonds is 4. The summed E-state index contributed by atoms with van der Waals surface area (Å²) in [7, 11) is -3.50. The van der Waals surface area contributed by atoms with Gasteiger partial charge in [-0.3, -0.25) is 9.52 Å². The SMILES string of the molecule is CC(C)(C)S(=O)(=O)Nc1ccc(C(=O)Nc2cccc(Cl)c2)cc1. The predicted octanol–water partition coefficient (Wildman–Crippen LogP) is 4.13. The van der Waals surface area contributed by atoms with Crippen molar-refractivity contribution < 1.29 is 13.2 Å². The molecule has 0 spiro atoms. The summed E-state index contributed by atoms with van der Waals surface area (Å²) in [6.45, 7) is 4.84. The van der Waals surface area contributed by atoms with E-state index < -0.39 is 14.8 Å². The van der Waals surface area contributed by atoms with Crippen molar-refractivity contribution in [1.29, 1.82) is 0 Å². The molecular formula is C17H19ClN2O3S. The Kier molecular flexibility index (Phi) is 5.20. The monoisotopic (exact) mass is 366 g/mol. The number of hydrogen-bond donors (Lipinski definition) is 2. The minimum absolute atomic E-state index is 0.303. The van der Waals surface area contributed by atoms with Gasteiger partial charge in [-0.15, -0.1) is 0 Å². The van der Waals surface area contributed by atoms with Crippen LogP contribution in [-0.4, -0.2) is 19.1 Å². The Morgan fingerprint density at radius 2 is 1.62 bits per heavy atom. The Balaban J connectivity index is 2.10. The van der Waals surface area contributed by atoms with Gasteiger partial charge in [0.05, 0.1) is 4.75 Å². The zero-order valence-corrected chi connectivity index (χ0v) is 15.2. The second kappa shape index (κ2) is 6.83. The topological polar surface area (TPSA) is 75.3 Å². The summed E-state index contributed by atoms with van der Waals surface area (Å²) in [5, 5.41) is 3.26. The highest BCUT2D eigenvalue weighted by atomic mass is 35.5. The molecule has 0 unspecified atom stereocenters. The normalized spacial score (nSPS) is 11.8. The molecule has 0 aliphatic heterocycles. The lowest BCUT2D eigenvalue weighted by Crippen LogP contribution is -2.33. The van der Waals surface area contributed by atoms with Gasteiger partial charge in [0.2, 0.25) is 10.0 Å². The third-order valence-electron chi connectivity index (χ3n) is 3.29. The van der Waals surface area contributed by atoms with Crippen molar-refractivity contribution in [1.82, 2.24) is 0 Å². The smallest absolute Gasteiger partial charge is 0.255 e. The first-order chi connectivity index (χ1) is 11.1. The molecule has 1 amide bonds. The fraction of sp³-hybridized carbons (Fsp3) is 0.235. The van der Waals surface area contributed by atoms with Gasteiger partial charge in [0.25, 0.3) is 5.91 Å². The van der Waals surface area contributed by atoms with Gasteiger partial charge >= 0.3 is 0 Å². The van der Waals surface area contributed by atoms with Crippen LogP contribution in [0.4, 0.5) is 11.4 Å². The lowest BCUT2D eigenvalue weighted by atomic mass is 10.2. The quantitative estimate of drug-likeness (QED) is 0.854. The van der Waals surface area contributed by atoms with Crippen molar-refractivity contribution in [3.63, 3.8) is 0 Å². The van der Waals surface area contributed by atoms with Gasteiger partial charge in [-0.1, -0.05) is 17.7 Å². The molecule has 5 nitrogen and oxygen atoms in total. The summed E-state index contributed by atoms with van der Waals surface area (Å²) in [5.74, 6) is -0.303. The third-order valence-corrected chi connectivity index (χ3v) is 5.64. The van der Waals surface area contributed by atoms with E-state index in [-0.39, 0.29) is 5.91 Å². The van der Waals surface area contributed by atoms with Gasteiger partial charge in [0, 0.05) is 22.0 Å². The van der Waals surface area contributed by atoms with Crippen LogP contribution in [0.3, 0.4) is 0 Å². The van der Waals surface area contributed by atoms with Crippen LogP contribution in [0.1, 0.15) is 31.1 Å². The standard InChI is InChI=1S/C17H19ClN2O3S/c1-17(2,3)24(22,23)20-14-9-7-12(8-10-14)16(21)19-15-6-4-5-13(18)11-15/h4-11,20H,1-3H3,(H,19,21). The van der Waals surface area contributed by atoms with Crippen molar-refractivity contribution >= 4 is 38.9 Å². The zero-order valence-electron chi connectivity index (χ0n) is 13.6. The van der Waals surface area contributed by atoms with Crippen LogP contribution >= 0.6 is 11.6 Å². The molecule has 0 heterocycles. The van der Waals surface area contributed by atoms with Crippen LogP contribution in [0, 0.1) is 0 Å². The Bertz CT molecular complexity index is 841. The van der Waals surface area contributed by atoms with Crippen molar-refractivity contribution in [2.75, 3.05) is 10.0 Å². The first kappa shape index (κ1) is 18.3. The maximum atomic E-state index is 12.2. The molecule has 0 bridgehead atoms. The molecule has 128 valence electrons. The number of halogens is 1. The maximum absolute atomic E-state index is 12.2. The van der Waals surface area contributed by atoms with Crippen LogP contribution in [0.25, 0.3) is 0 Å². The maximum Gasteiger partial charge on any atom is 0.255 e. The van der Waals surface area contributed by atoms with Gasteiger partial charge in [-0.25, -0.2) is 8.42 Å². The number of carbonyl (C=O) groups excluding carboxylic acids is 1. The largest absolute Gasteiger partial charge is 0.322 e. The number of sulfonamides is 1. The van der Waals surface area contributed by atoms with E-state index in [1.165, 1.54) is 0 Å². The fourth-order valence-corrected chi connectivity index (χ4v) is 2.71. The highest BCUT2D eigenvalue weighted by molar-refractivity contribution is 7.94. The van der Waals surface area contributed by atoms with E-state index in [4.69, 9.17) is 11.6 Å². The van der Waals surface area contributed by atoms with Crippen LogP contribution in [-0.2, 0) is 10.0 Å². The van der Waals surface area contributed by atoms with E-state index in [1.807, 2.05) is 0 Å². The average Bonchev–Trinajstić information content (AvgIpc) is 2.46. The highest BCUT2D eigenvalue weighted by Crippen LogP contribution is 2.20. The first-order valence-corrected chi connectivity index (χ1v) is 9.14. The summed E-state index contributed by atoms with van der Waals surface area (Å²) in [4.78, 5) is 12.2. The molecule has 0 aromatic heterocycles. The third kappa shape index (κ3) is 4.49. The Morgan fingerprint density at radius 1 is 1.00 bits per heavy atom. The van der Waals surface area contributed by atoms with E-state index in [1.54, 1.807) is 69.3 Å². The lowest BCUT2D eigenvalue weighted by molar-refractivity contribution is 0.102. The van der Waals surface area contributed by atoms with E-state index in [0.29, 0.717) is 22.0 Å². The van der Waals surface area contributed by atoms with E-state index in [9.17, 15) is 13.2 Å². The predicted molar refractivity (Wildman–Crippen MR) is 98.1 cm³/mol. The Morgan fingerprint density at radius 3 is 2.17 bits per heavy atom. The molecule has 0 aliphatic carbocycles. The van der Waals surface area contributed by atoms with Crippen LogP contribution in [0.2, 0.25) is 5.02 Å². The van der Waals surface area contributed by atoms with E-state index in [2.05, 4.69) is 10.0 Å². The molecule has 2 rings (SSSR count). The fourth-order valence-electron chi connectivity index (χ4n) is 1.77. The van der Waals surface area contributed by atoms with Crippen LogP contribution < -0.4 is 10.0 Å². The summed E-state index contributed by atoms with van der Waals surface area (Å²) in [5.41, 5.74) is 1.41. The number of nitrogens with one attached hydrogen (secondary N) is 2. The molecule has 2 N–H and O–H groups in total. The number of amides is 1. The van der Waals surface area contributed by atoms with Gasteiger partial charge < -0.3 is 5.32 Å². The number of carbonyl (C=O) groups is 1. The van der Waals surface area contributed by atoms with Crippen molar-refractivity contribution in [3.05, 3.63) is 59.1 Å². The Hall–Kier alpha value is -2.05. The molecular weight excluding hydrogens is 348 g/mol. The summed E-state index contributed by atoms with van der Waals surface area (Å²) in [6.07, 6.45) is 0. The molecule has 0 fully saturated rings. The molecule has 0 aliphatic rings. The molecule has 2 aromatic rings. The van der Waals surface area contributed by atoms with Crippen LogP contribution in [0.5, 0.6) is 0 Å². The zero-order chi connectivity index (χ0) is 18.0. The number of benzene rings is 2. The van der Waals surface area contributed by atoms with Gasteiger partial charge in [-0.2, -0.15) is 0 Å². The van der Waals surface area contributed by atoms with Gasteiger partial charge in [0.15, 0.2) is 0 Å². The summed E-state index contributed by atoms with van der Waals surface area (Å²) < 4.78 is 25.8. The second-order valence-electron chi connectivity index (χ2n) is 6.26. The molecule has 0 saturated heterocycles. The summed E-state index contributed by atoms with van der Waals surface area (Å²) >= 11 is 5.88. The first-order valence-electron chi connectivity index (χ1n) is 7.28. The minimum Gasteiger partial charge on any atom is -0.322 e. The van der Waals surface area contributed by atoms with Crippen molar-refractivity contribution in [3.8, 4) is 0 Å². The molecule has 0 radical (unpaired) electrons.